The van der Waals surface area contributed by atoms with Gasteiger partial charge in [0.05, 0.1) is 0 Å². The lowest BCUT2D eigenvalue weighted by Crippen LogP contribution is -2.43. The molecule has 0 aromatic heterocycles. The predicted octanol–water partition coefficient (Wildman–Crippen LogP) is 2.30. The Hall–Kier alpha value is -1.55. The van der Waals surface area contributed by atoms with Gasteiger partial charge in [-0.3, -0.25) is 15.0 Å². The van der Waals surface area contributed by atoms with Crippen LogP contribution in [0.25, 0.3) is 0 Å². The van der Waals surface area contributed by atoms with Crippen molar-refractivity contribution in [2.24, 2.45) is 0 Å². The van der Waals surface area contributed by atoms with Crippen molar-refractivity contribution in [2.45, 2.75) is 13.8 Å². The Morgan fingerprint density at radius 1 is 1.29 bits per heavy atom. The molecule has 0 aliphatic heterocycles. The zero-order chi connectivity index (χ0) is 12.8. The van der Waals surface area contributed by atoms with E-state index in [9.17, 15) is 9.59 Å². The molecule has 0 heterocycles. The van der Waals surface area contributed by atoms with Crippen LogP contribution in [0.4, 0.5) is 10.5 Å². The highest BCUT2D eigenvalue weighted by atomic mass is 35.5. The number of nitrogens with zero attached hydrogens (tertiary/aromatic N) is 1. The maximum atomic E-state index is 11.8. The second-order valence-electron chi connectivity index (χ2n) is 3.57. The van der Waals surface area contributed by atoms with Crippen LogP contribution < -0.4 is 10.2 Å². The number of urea groups is 1. The molecule has 0 bridgehead atoms. The van der Waals surface area contributed by atoms with Crippen molar-refractivity contribution in [1.29, 1.82) is 0 Å². The molecule has 0 aliphatic rings. The van der Waals surface area contributed by atoms with Gasteiger partial charge in [0.15, 0.2) is 0 Å². The molecule has 1 aromatic rings. The topological polar surface area (TPSA) is 49.4 Å². The van der Waals surface area contributed by atoms with E-state index in [0.29, 0.717) is 6.54 Å². The number of hydrogen-bond acceptors (Lipinski definition) is 2. The highest BCUT2D eigenvalue weighted by Crippen LogP contribution is 2.14. The first-order chi connectivity index (χ1) is 8.08. The maximum Gasteiger partial charge on any atom is 0.328 e. The van der Waals surface area contributed by atoms with Crippen LogP contribution in [-0.2, 0) is 4.79 Å². The summed E-state index contributed by atoms with van der Waals surface area (Å²) < 4.78 is 0. The lowest BCUT2D eigenvalue weighted by Gasteiger charge is -2.20. The van der Waals surface area contributed by atoms with Gasteiger partial charge in [0.2, 0.25) is 5.91 Å². The zero-order valence-electron chi connectivity index (χ0n) is 9.87. The van der Waals surface area contributed by atoms with E-state index in [1.807, 2.05) is 38.1 Å². The van der Waals surface area contributed by atoms with E-state index in [-0.39, 0.29) is 5.88 Å². The van der Waals surface area contributed by atoms with Crippen LogP contribution in [-0.4, -0.2) is 24.4 Å². The van der Waals surface area contributed by atoms with Crippen molar-refractivity contribution in [2.75, 3.05) is 17.3 Å². The van der Waals surface area contributed by atoms with Crippen LogP contribution in [0, 0.1) is 6.92 Å². The molecular weight excluding hydrogens is 240 g/mol. The second kappa shape index (κ2) is 6.25. The number of aryl methyl sites for hydroxylation is 1. The molecule has 0 saturated heterocycles. The van der Waals surface area contributed by atoms with Crippen LogP contribution in [0.1, 0.15) is 12.5 Å². The molecule has 5 heteroatoms. The minimum absolute atomic E-state index is 0.225. The van der Waals surface area contributed by atoms with Crippen molar-refractivity contribution < 1.29 is 9.59 Å². The van der Waals surface area contributed by atoms with E-state index in [0.717, 1.165) is 11.3 Å². The fourth-order valence-corrected chi connectivity index (χ4v) is 1.46. The number of hydrogen-bond donors (Lipinski definition) is 1. The minimum Gasteiger partial charge on any atom is -0.294 e. The molecule has 0 atom stereocenters. The standard InChI is InChI=1S/C12H15ClN2O2/c1-3-15(12(17)14-11(16)8-13)10-6-4-9(2)5-7-10/h4-7H,3,8H2,1-2H3,(H,14,16,17). The summed E-state index contributed by atoms with van der Waals surface area (Å²) in [6, 6.07) is 7.04. The first kappa shape index (κ1) is 13.5. The third-order valence-electron chi connectivity index (χ3n) is 2.27. The number of rotatable bonds is 3. The van der Waals surface area contributed by atoms with Gasteiger partial charge in [-0.15, -0.1) is 11.6 Å². The monoisotopic (exact) mass is 254 g/mol. The Morgan fingerprint density at radius 2 is 1.88 bits per heavy atom. The highest BCUT2D eigenvalue weighted by molar-refractivity contribution is 6.28. The van der Waals surface area contributed by atoms with Crippen molar-refractivity contribution in [3.05, 3.63) is 29.8 Å². The Bertz CT molecular complexity index is 403. The summed E-state index contributed by atoms with van der Waals surface area (Å²) in [7, 11) is 0. The summed E-state index contributed by atoms with van der Waals surface area (Å²) in [6.45, 7) is 4.28. The molecule has 1 rings (SSSR count). The Kier molecular flexibility index (Phi) is 4.97. The van der Waals surface area contributed by atoms with E-state index < -0.39 is 11.9 Å². The Morgan fingerprint density at radius 3 is 2.35 bits per heavy atom. The van der Waals surface area contributed by atoms with Crippen molar-refractivity contribution in [3.63, 3.8) is 0 Å². The fourth-order valence-electron chi connectivity index (χ4n) is 1.39. The van der Waals surface area contributed by atoms with Gasteiger partial charge in [-0.05, 0) is 26.0 Å². The summed E-state index contributed by atoms with van der Waals surface area (Å²) in [6.07, 6.45) is 0. The second-order valence-corrected chi connectivity index (χ2v) is 3.83. The quantitative estimate of drug-likeness (QED) is 0.842. The molecule has 1 aromatic carbocycles. The number of halogens is 1. The van der Waals surface area contributed by atoms with Gasteiger partial charge in [-0.1, -0.05) is 17.7 Å². The molecule has 0 unspecified atom stereocenters. The molecular formula is C12H15ClN2O2. The van der Waals surface area contributed by atoms with E-state index in [1.165, 1.54) is 4.90 Å². The van der Waals surface area contributed by atoms with Gasteiger partial charge in [-0.2, -0.15) is 0 Å². The van der Waals surface area contributed by atoms with Crippen LogP contribution >= 0.6 is 11.6 Å². The Balaban J connectivity index is 2.80. The van der Waals surface area contributed by atoms with Gasteiger partial charge in [-0.25, -0.2) is 4.79 Å². The lowest BCUT2D eigenvalue weighted by atomic mass is 10.2. The van der Waals surface area contributed by atoms with Crippen LogP contribution in [0.2, 0.25) is 0 Å². The number of imide groups is 1. The van der Waals surface area contributed by atoms with E-state index >= 15 is 0 Å². The average molecular weight is 255 g/mol. The van der Waals surface area contributed by atoms with Gasteiger partial charge in [0.1, 0.15) is 5.88 Å². The van der Waals surface area contributed by atoms with Gasteiger partial charge < -0.3 is 0 Å². The summed E-state index contributed by atoms with van der Waals surface area (Å²) >= 11 is 5.33. The molecule has 3 amide bonds. The van der Waals surface area contributed by atoms with E-state index in [1.54, 1.807) is 0 Å². The van der Waals surface area contributed by atoms with E-state index in [2.05, 4.69) is 5.32 Å². The molecule has 0 radical (unpaired) electrons. The number of amides is 3. The zero-order valence-corrected chi connectivity index (χ0v) is 10.6. The van der Waals surface area contributed by atoms with Gasteiger partial charge >= 0.3 is 6.03 Å². The van der Waals surface area contributed by atoms with Crippen molar-refractivity contribution in [3.8, 4) is 0 Å². The smallest absolute Gasteiger partial charge is 0.294 e. The number of carbonyl (C=O) groups is 2. The summed E-state index contributed by atoms with van der Waals surface area (Å²) in [5.41, 5.74) is 1.86. The molecule has 17 heavy (non-hydrogen) atoms. The number of nitrogens with one attached hydrogen (secondary N) is 1. The number of carbonyl (C=O) groups excluding carboxylic acids is 2. The summed E-state index contributed by atoms with van der Waals surface area (Å²) in [5.74, 6) is -0.723. The van der Waals surface area contributed by atoms with Crippen molar-refractivity contribution >= 4 is 29.2 Å². The average Bonchev–Trinajstić information content (AvgIpc) is 2.32. The molecule has 1 N–H and O–H groups in total. The van der Waals surface area contributed by atoms with Crippen molar-refractivity contribution in [1.82, 2.24) is 5.32 Å². The van der Waals surface area contributed by atoms with Crippen LogP contribution in [0.3, 0.4) is 0 Å². The molecule has 0 spiro atoms. The molecule has 0 aliphatic carbocycles. The number of anilines is 1. The third kappa shape index (κ3) is 3.75. The maximum absolute atomic E-state index is 11.8. The van der Waals surface area contributed by atoms with E-state index in [4.69, 9.17) is 11.6 Å². The third-order valence-corrected chi connectivity index (χ3v) is 2.52. The minimum atomic E-state index is -0.498. The first-order valence-corrected chi connectivity index (χ1v) is 5.86. The predicted molar refractivity (Wildman–Crippen MR) is 68.5 cm³/mol. The van der Waals surface area contributed by atoms with Crippen LogP contribution in [0.15, 0.2) is 24.3 Å². The molecule has 4 nitrogen and oxygen atoms in total. The fraction of sp³-hybridized carbons (Fsp3) is 0.333. The molecule has 92 valence electrons. The SMILES string of the molecule is CCN(C(=O)NC(=O)CCl)c1ccc(C)cc1. The summed E-state index contributed by atoms with van der Waals surface area (Å²) in [4.78, 5) is 24.3. The molecule has 0 saturated carbocycles. The normalized spacial score (nSPS) is 9.82. The van der Waals surface area contributed by atoms with Gasteiger partial charge in [0.25, 0.3) is 0 Å². The largest absolute Gasteiger partial charge is 0.328 e. The van der Waals surface area contributed by atoms with Gasteiger partial charge in [0, 0.05) is 12.2 Å². The van der Waals surface area contributed by atoms with Crippen LogP contribution in [0.5, 0.6) is 0 Å². The molecule has 0 fully saturated rings. The Labute approximate surface area is 106 Å². The number of benzene rings is 1. The lowest BCUT2D eigenvalue weighted by molar-refractivity contribution is -0.117. The number of alkyl halides is 1. The highest BCUT2D eigenvalue weighted by Gasteiger charge is 2.15. The first-order valence-electron chi connectivity index (χ1n) is 5.32. The summed E-state index contributed by atoms with van der Waals surface area (Å²) in [5, 5.41) is 2.21.